The Morgan fingerprint density at radius 2 is 0.778 bits per heavy atom. The Bertz CT molecular complexity index is 4020. The van der Waals surface area contributed by atoms with Gasteiger partial charge in [-0.25, -0.2) is 0 Å². The minimum absolute atomic E-state index is 0.153. The van der Waals surface area contributed by atoms with Crippen molar-refractivity contribution in [2.24, 2.45) is 0 Å². The van der Waals surface area contributed by atoms with Crippen molar-refractivity contribution < 1.29 is 26.3 Å². The third-order valence-electron chi connectivity index (χ3n) is 14.1. The van der Waals surface area contributed by atoms with Crippen LogP contribution in [-0.2, 0) is 12.4 Å². The predicted octanol–water partition coefficient (Wildman–Crippen LogP) is 18.3. The van der Waals surface area contributed by atoms with Gasteiger partial charge in [0.15, 0.2) is 0 Å². The summed E-state index contributed by atoms with van der Waals surface area (Å²) in [5.74, 6) is 0. The highest BCUT2D eigenvalue weighted by atomic mass is 19.4. The van der Waals surface area contributed by atoms with Gasteiger partial charge in [0.1, 0.15) is 0 Å². The minimum atomic E-state index is -5.05. The van der Waals surface area contributed by atoms with Crippen molar-refractivity contribution in [1.82, 2.24) is 9.13 Å². The average Bonchev–Trinajstić information content (AvgIpc) is 3.84. The Kier molecular flexibility index (Phi) is 10.8. The lowest BCUT2D eigenvalue weighted by molar-refractivity contribution is -0.143. The number of alkyl halides is 6. The number of aryl methyl sites for hydroxylation is 6. The van der Waals surface area contributed by atoms with E-state index < -0.39 is 23.5 Å². The number of hydrogen-bond acceptors (Lipinski definition) is 1. The van der Waals surface area contributed by atoms with Crippen molar-refractivity contribution in [1.29, 1.82) is 5.26 Å². The molecule has 0 atom stereocenters. The first-order valence-corrected chi connectivity index (χ1v) is 23.6. The molecule has 0 unspecified atom stereocenters. The Labute approximate surface area is 412 Å². The molecule has 3 nitrogen and oxygen atoms in total. The summed E-state index contributed by atoms with van der Waals surface area (Å²) < 4.78 is 90.8. The van der Waals surface area contributed by atoms with Crippen LogP contribution < -0.4 is 0 Å². The Balaban J connectivity index is 1.22. The standard InChI is InChI=1S/C63H45F6N3/c1-35-23-37(3)60(38(4)24-35)43-17-21-56-52(30-43)48-11-7-9-13-54(48)71(56)58-27-41(34-70)15-19-50(58)51-20-16-42(45-28-46(62(64,65)66)33-47(29-45)63(67,68)69)32-59(51)72-55-14-10-8-12-49(55)53-31-44(18-22-57(53)72)61-39(5)25-36(2)26-40(61)6/h7-33H,1-6H3. The molecular formula is C63H45F6N3. The normalized spacial score (nSPS) is 12.2. The van der Waals surface area contributed by atoms with E-state index in [1.807, 2.05) is 65.2 Å². The molecule has 72 heavy (non-hydrogen) atoms. The second-order valence-corrected chi connectivity index (χ2v) is 19.1. The average molecular weight is 958 g/mol. The summed E-state index contributed by atoms with van der Waals surface area (Å²) in [5, 5.41) is 14.3. The molecule has 0 N–H and O–H groups in total. The second-order valence-electron chi connectivity index (χ2n) is 19.1. The molecule has 2 aromatic heterocycles. The Morgan fingerprint density at radius 3 is 1.22 bits per heavy atom. The van der Waals surface area contributed by atoms with Crippen LogP contribution in [-0.4, -0.2) is 9.13 Å². The first-order valence-electron chi connectivity index (χ1n) is 23.6. The van der Waals surface area contributed by atoms with E-state index in [9.17, 15) is 31.6 Å². The van der Waals surface area contributed by atoms with Crippen molar-refractivity contribution in [2.45, 2.75) is 53.9 Å². The second kappa shape index (κ2) is 16.9. The molecule has 0 bridgehead atoms. The van der Waals surface area contributed by atoms with Crippen LogP contribution in [0.25, 0.3) is 99.5 Å². The smallest absolute Gasteiger partial charge is 0.309 e. The van der Waals surface area contributed by atoms with Gasteiger partial charge in [0.25, 0.3) is 0 Å². The highest BCUT2D eigenvalue weighted by molar-refractivity contribution is 6.13. The van der Waals surface area contributed by atoms with Crippen LogP contribution in [0.4, 0.5) is 26.3 Å². The maximum Gasteiger partial charge on any atom is 0.416 e. The first kappa shape index (κ1) is 46.1. The van der Waals surface area contributed by atoms with E-state index in [4.69, 9.17) is 0 Å². The quantitative estimate of drug-likeness (QED) is 0.153. The highest BCUT2D eigenvalue weighted by Gasteiger charge is 2.37. The van der Waals surface area contributed by atoms with Crippen molar-refractivity contribution in [3.05, 3.63) is 214 Å². The first-order chi connectivity index (χ1) is 34.4. The summed E-state index contributed by atoms with van der Waals surface area (Å²) in [6, 6.07) is 51.8. The number of hydrogen-bond donors (Lipinski definition) is 0. The molecule has 0 radical (unpaired) electrons. The molecule has 0 fully saturated rings. The highest BCUT2D eigenvalue weighted by Crippen LogP contribution is 2.46. The summed E-state index contributed by atoms with van der Waals surface area (Å²) in [7, 11) is 0. The van der Waals surface area contributed by atoms with Crippen LogP contribution in [0.2, 0.25) is 0 Å². The molecule has 0 aliphatic rings. The summed E-state index contributed by atoms with van der Waals surface area (Å²) in [4.78, 5) is 0. The van der Waals surface area contributed by atoms with E-state index >= 15 is 0 Å². The number of rotatable bonds is 6. The van der Waals surface area contributed by atoms with E-state index in [0.717, 1.165) is 106 Å². The molecule has 0 amide bonds. The lowest BCUT2D eigenvalue weighted by atomic mass is 9.93. The summed E-state index contributed by atoms with van der Waals surface area (Å²) in [6.45, 7) is 12.6. The fourth-order valence-corrected chi connectivity index (χ4v) is 11.3. The number of benzene rings is 9. The summed E-state index contributed by atoms with van der Waals surface area (Å²) >= 11 is 0. The van der Waals surface area contributed by atoms with E-state index in [0.29, 0.717) is 28.1 Å². The topological polar surface area (TPSA) is 33.6 Å². The number of aromatic nitrogens is 2. The van der Waals surface area contributed by atoms with Gasteiger partial charge >= 0.3 is 12.4 Å². The molecule has 11 rings (SSSR count). The fourth-order valence-electron chi connectivity index (χ4n) is 11.3. The largest absolute Gasteiger partial charge is 0.416 e. The zero-order valence-corrected chi connectivity index (χ0v) is 40.2. The fraction of sp³-hybridized carbons (Fsp3) is 0.127. The molecule has 0 aliphatic heterocycles. The third-order valence-corrected chi connectivity index (χ3v) is 14.1. The number of halogens is 6. The van der Waals surface area contributed by atoms with Crippen molar-refractivity contribution in [2.75, 3.05) is 0 Å². The van der Waals surface area contributed by atoms with Gasteiger partial charge in [-0.3, -0.25) is 0 Å². The van der Waals surface area contributed by atoms with Gasteiger partial charge in [0.05, 0.1) is 56.2 Å². The van der Waals surface area contributed by atoms with E-state index in [-0.39, 0.29) is 17.2 Å². The van der Waals surface area contributed by atoms with Crippen molar-refractivity contribution >= 4 is 43.6 Å². The predicted molar refractivity (Wildman–Crippen MR) is 280 cm³/mol. The summed E-state index contributed by atoms with van der Waals surface area (Å²) in [5.41, 5.74) is 14.6. The van der Waals surface area contributed by atoms with Crippen LogP contribution in [0.5, 0.6) is 0 Å². The van der Waals surface area contributed by atoms with Crippen molar-refractivity contribution in [3.8, 4) is 62.0 Å². The van der Waals surface area contributed by atoms with Gasteiger partial charge in [-0.1, -0.05) is 102 Å². The van der Waals surface area contributed by atoms with Crippen LogP contribution in [0.15, 0.2) is 164 Å². The maximum absolute atomic E-state index is 14.4. The molecule has 11 aromatic rings. The number of nitrogens with zero attached hydrogens (tertiary/aromatic N) is 3. The van der Waals surface area contributed by atoms with Gasteiger partial charge in [-0.05, 0) is 170 Å². The third kappa shape index (κ3) is 7.70. The van der Waals surface area contributed by atoms with Gasteiger partial charge < -0.3 is 9.13 Å². The van der Waals surface area contributed by atoms with Crippen LogP contribution in [0.1, 0.15) is 50.1 Å². The molecule has 2 heterocycles. The SMILES string of the molecule is Cc1cc(C)c(-c2ccc3c(c2)c2ccccc2n3-c2cc(C#N)ccc2-c2ccc(-c3cc(C(F)(F)F)cc(C(F)(F)F)c3)cc2-n2c3ccccc3c3cc(-c4c(C)cc(C)cc4C)ccc32)c(C)c1. The minimum Gasteiger partial charge on any atom is -0.309 e. The van der Waals surface area contributed by atoms with E-state index in [2.05, 4.69) is 113 Å². The number of nitriles is 1. The molecule has 0 aliphatic carbocycles. The zero-order chi connectivity index (χ0) is 50.5. The number of fused-ring (bicyclic) bond motifs is 6. The zero-order valence-electron chi connectivity index (χ0n) is 40.2. The molecule has 9 aromatic carbocycles. The lowest BCUT2D eigenvalue weighted by Crippen LogP contribution is -2.11. The maximum atomic E-state index is 14.4. The molecule has 0 saturated carbocycles. The van der Waals surface area contributed by atoms with E-state index in [1.165, 1.54) is 5.56 Å². The van der Waals surface area contributed by atoms with Gasteiger partial charge in [-0.2, -0.15) is 31.6 Å². The lowest BCUT2D eigenvalue weighted by Gasteiger charge is -2.21. The molecule has 0 spiro atoms. The Hall–Kier alpha value is -8.35. The Morgan fingerprint density at radius 1 is 0.375 bits per heavy atom. The van der Waals surface area contributed by atoms with E-state index in [1.54, 1.807) is 24.3 Å². The van der Waals surface area contributed by atoms with Crippen molar-refractivity contribution in [3.63, 3.8) is 0 Å². The van der Waals surface area contributed by atoms with Gasteiger partial charge in [0, 0.05) is 32.7 Å². The molecule has 0 saturated heterocycles. The van der Waals surface area contributed by atoms with Gasteiger partial charge in [-0.15, -0.1) is 0 Å². The monoisotopic (exact) mass is 957 g/mol. The summed E-state index contributed by atoms with van der Waals surface area (Å²) in [6.07, 6.45) is -10.1. The molecule has 9 heteroatoms. The molecule has 354 valence electrons. The van der Waals surface area contributed by atoms with Crippen LogP contribution in [0.3, 0.4) is 0 Å². The number of para-hydroxylation sites is 2. The molecular weight excluding hydrogens is 913 g/mol. The van der Waals surface area contributed by atoms with Crippen LogP contribution >= 0.6 is 0 Å². The van der Waals surface area contributed by atoms with Gasteiger partial charge in [0.2, 0.25) is 0 Å². The van der Waals surface area contributed by atoms with Crippen LogP contribution in [0, 0.1) is 52.9 Å².